The molecule has 178 valence electrons. The van der Waals surface area contributed by atoms with Gasteiger partial charge in [0, 0.05) is 31.4 Å². The predicted octanol–water partition coefficient (Wildman–Crippen LogP) is 5.34. The molecule has 1 aliphatic rings. The highest BCUT2D eigenvalue weighted by Crippen LogP contribution is 2.37. The number of carbonyl (C=O) groups is 2. The number of Topliss-reactive ketones (excluding diaryl/α,β-unsaturated/α-hetero) is 1. The summed E-state index contributed by atoms with van der Waals surface area (Å²) < 4.78 is 13.1. The minimum atomic E-state index is -0.249. The monoisotopic (exact) mass is 460 g/mol. The van der Waals surface area contributed by atoms with Crippen LogP contribution in [0.3, 0.4) is 0 Å². The molecule has 0 saturated heterocycles. The zero-order valence-electron chi connectivity index (χ0n) is 20.3. The number of carbonyl (C=O) groups excluding carboxylic acids is 2. The highest BCUT2D eigenvalue weighted by atomic mass is 16.5. The van der Waals surface area contributed by atoms with Crippen LogP contribution in [-0.4, -0.2) is 27.9 Å². The lowest BCUT2D eigenvalue weighted by molar-refractivity contribution is -0.143. The van der Waals surface area contributed by atoms with Crippen molar-refractivity contribution in [1.29, 1.82) is 0 Å². The largest absolute Gasteiger partial charge is 0.489 e. The van der Waals surface area contributed by atoms with Gasteiger partial charge in [0.15, 0.2) is 5.78 Å². The summed E-state index contributed by atoms with van der Waals surface area (Å²) in [6.45, 7) is 6.92. The van der Waals surface area contributed by atoms with E-state index in [-0.39, 0.29) is 29.5 Å². The van der Waals surface area contributed by atoms with Crippen LogP contribution >= 0.6 is 0 Å². The minimum Gasteiger partial charge on any atom is -0.489 e. The van der Waals surface area contributed by atoms with Gasteiger partial charge in [-0.2, -0.15) is 0 Å². The number of rotatable bonds is 8. The van der Waals surface area contributed by atoms with E-state index in [1.165, 1.54) is 0 Å². The first-order valence-electron chi connectivity index (χ1n) is 11.8. The third-order valence-corrected chi connectivity index (χ3v) is 6.62. The molecule has 1 aromatic heterocycles. The van der Waals surface area contributed by atoms with E-state index in [4.69, 9.17) is 9.47 Å². The van der Waals surface area contributed by atoms with E-state index in [9.17, 15) is 9.59 Å². The molecule has 0 fully saturated rings. The number of fused-ring (bicyclic) bond motifs is 1. The third kappa shape index (κ3) is 5.06. The number of ether oxygens (including phenoxy) is 2. The van der Waals surface area contributed by atoms with Crippen LogP contribution in [0.2, 0.25) is 0 Å². The molecule has 2 aromatic carbocycles. The van der Waals surface area contributed by atoms with Crippen molar-refractivity contribution in [3.05, 3.63) is 82.9 Å². The fraction of sp³-hybridized carbons (Fsp3) is 0.393. The van der Waals surface area contributed by atoms with Crippen molar-refractivity contribution in [1.82, 2.24) is 9.55 Å². The summed E-state index contributed by atoms with van der Waals surface area (Å²) in [7, 11) is 1.92. The van der Waals surface area contributed by atoms with Crippen LogP contribution in [0.15, 0.2) is 54.9 Å². The lowest BCUT2D eigenvalue weighted by atomic mass is 9.72. The van der Waals surface area contributed by atoms with Crippen LogP contribution in [-0.2, 0) is 28.6 Å². The molecule has 0 bridgehead atoms. The first-order valence-corrected chi connectivity index (χ1v) is 11.8. The van der Waals surface area contributed by atoms with Crippen molar-refractivity contribution in [3.63, 3.8) is 0 Å². The highest BCUT2D eigenvalue weighted by molar-refractivity contribution is 5.99. The second kappa shape index (κ2) is 9.84. The van der Waals surface area contributed by atoms with Gasteiger partial charge < -0.3 is 14.0 Å². The van der Waals surface area contributed by atoms with Crippen molar-refractivity contribution >= 4 is 11.8 Å². The first-order chi connectivity index (χ1) is 16.3. The number of aromatic nitrogens is 2. The second-order valence-corrected chi connectivity index (χ2v) is 9.50. The van der Waals surface area contributed by atoms with Gasteiger partial charge in [0.05, 0.1) is 18.9 Å². The van der Waals surface area contributed by atoms with E-state index in [2.05, 4.69) is 24.9 Å². The minimum absolute atomic E-state index is 0.0196. The van der Waals surface area contributed by atoms with Gasteiger partial charge in [-0.05, 0) is 53.6 Å². The van der Waals surface area contributed by atoms with Crippen LogP contribution in [0.1, 0.15) is 78.8 Å². The number of aryl methyl sites for hydroxylation is 1. The molecule has 1 atom stereocenters. The molecule has 0 saturated carbocycles. The molecule has 1 heterocycles. The molecular formula is C28H32N2O4. The number of benzene rings is 2. The highest BCUT2D eigenvalue weighted by Gasteiger charge is 2.31. The van der Waals surface area contributed by atoms with E-state index in [1.54, 1.807) is 13.1 Å². The van der Waals surface area contributed by atoms with Crippen molar-refractivity contribution in [2.75, 3.05) is 6.61 Å². The second-order valence-electron chi connectivity index (χ2n) is 9.50. The Labute approximate surface area is 200 Å². The standard InChI is InChI=1S/C28H32N2O4/c1-5-33-26(32)17-22(27-29-14-15-30(27)4)20-7-9-21(10-8-20)34-18-19-6-11-24-23(16-19)25(31)12-13-28(24,2)3/h6-11,14-16,22H,5,12-13,17-18H2,1-4H3/t22-/m0/s1. The Bertz CT molecular complexity index is 1180. The smallest absolute Gasteiger partial charge is 0.306 e. The Balaban J connectivity index is 1.48. The van der Waals surface area contributed by atoms with Crippen molar-refractivity contribution in [3.8, 4) is 5.75 Å². The zero-order valence-corrected chi connectivity index (χ0v) is 20.3. The molecule has 4 rings (SSSR count). The van der Waals surface area contributed by atoms with Gasteiger partial charge in [0.2, 0.25) is 0 Å². The molecule has 0 N–H and O–H groups in total. The molecule has 6 nitrogen and oxygen atoms in total. The van der Waals surface area contributed by atoms with E-state index in [1.807, 2.05) is 54.2 Å². The number of hydrogen-bond acceptors (Lipinski definition) is 5. The van der Waals surface area contributed by atoms with Crippen LogP contribution in [0.5, 0.6) is 5.75 Å². The van der Waals surface area contributed by atoms with Crippen LogP contribution in [0.4, 0.5) is 0 Å². The van der Waals surface area contributed by atoms with E-state index in [0.717, 1.165) is 40.2 Å². The number of imidazole rings is 1. The fourth-order valence-corrected chi connectivity index (χ4v) is 4.62. The summed E-state index contributed by atoms with van der Waals surface area (Å²) in [5.74, 6) is 1.29. The summed E-state index contributed by atoms with van der Waals surface area (Å²) in [5, 5.41) is 0. The van der Waals surface area contributed by atoms with Gasteiger partial charge in [-0.15, -0.1) is 0 Å². The molecule has 0 aliphatic heterocycles. The SMILES string of the molecule is CCOC(=O)C[C@@H](c1ccc(OCc2ccc3c(c2)C(=O)CCC3(C)C)cc1)c1nccn1C. The average Bonchev–Trinajstić information content (AvgIpc) is 3.25. The van der Waals surface area contributed by atoms with Crippen LogP contribution in [0.25, 0.3) is 0 Å². The maximum atomic E-state index is 12.5. The lowest BCUT2D eigenvalue weighted by Crippen LogP contribution is -2.27. The van der Waals surface area contributed by atoms with E-state index >= 15 is 0 Å². The van der Waals surface area contributed by atoms with Crippen LogP contribution < -0.4 is 4.74 Å². The lowest BCUT2D eigenvalue weighted by Gasteiger charge is -2.31. The molecule has 0 unspecified atom stereocenters. The molecule has 0 radical (unpaired) electrons. The molecule has 34 heavy (non-hydrogen) atoms. The molecule has 0 amide bonds. The van der Waals surface area contributed by atoms with Gasteiger partial charge >= 0.3 is 5.97 Å². The molecule has 3 aromatic rings. The van der Waals surface area contributed by atoms with Crippen molar-refractivity contribution < 1.29 is 19.1 Å². The molecule has 1 aliphatic carbocycles. The maximum absolute atomic E-state index is 12.5. The Morgan fingerprint density at radius 1 is 1.18 bits per heavy atom. The van der Waals surface area contributed by atoms with E-state index in [0.29, 0.717) is 19.6 Å². The Hall–Kier alpha value is -3.41. The van der Waals surface area contributed by atoms with Gasteiger partial charge in [0.25, 0.3) is 0 Å². The van der Waals surface area contributed by atoms with E-state index < -0.39 is 0 Å². The third-order valence-electron chi connectivity index (χ3n) is 6.62. The number of nitrogens with zero attached hydrogens (tertiary/aromatic N) is 2. The normalized spacial score (nSPS) is 15.5. The zero-order chi connectivity index (χ0) is 24.3. The van der Waals surface area contributed by atoms with Crippen molar-refractivity contribution in [2.45, 2.75) is 58.0 Å². The molecule has 0 spiro atoms. The average molecular weight is 461 g/mol. The Morgan fingerprint density at radius 2 is 1.94 bits per heavy atom. The van der Waals surface area contributed by atoms with Crippen molar-refractivity contribution in [2.24, 2.45) is 7.05 Å². The summed E-state index contributed by atoms with van der Waals surface area (Å²) in [5.41, 5.74) is 3.91. The summed E-state index contributed by atoms with van der Waals surface area (Å²) in [4.78, 5) is 29.1. The van der Waals surface area contributed by atoms with Gasteiger partial charge in [0.1, 0.15) is 18.2 Å². The van der Waals surface area contributed by atoms with Crippen LogP contribution in [0, 0.1) is 0 Å². The van der Waals surface area contributed by atoms with Gasteiger partial charge in [-0.25, -0.2) is 4.98 Å². The number of esters is 1. The number of ketones is 1. The summed E-state index contributed by atoms with van der Waals surface area (Å²) in [6, 6.07) is 13.8. The first kappa shape index (κ1) is 23.7. The summed E-state index contributed by atoms with van der Waals surface area (Å²) >= 11 is 0. The maximum Gasteiger partial charge on any atom is 0.306 e. The number of hydrogen-bond donors (Lipinski definition) is 0. The Morgan fingerprint density at radius 3 is 2.62 bits per heavy atom. The Kier molecular flexibility index (Phi) is 6.87. The summed E-state index contributed by atoms with van der Waals surface area (Å²) in [6.07, 6.45) is 5.30. The topological polar surface area (TPSA) is 70.4 Å². The predicted molar refractivity (Wildman–Crippen MR) is 130 cm³/mol. The fourth-order valence-electron chi connectivity index (χ4n) is 4.62. The molecular weight excluding hydrogens is 428 g/mol. The van der Waals surface area contributed by atoms with Gasteiger partial charge in [-0.1, -0.05) is 38.1 Å². The van der Waals surface area contributed by atoms with Gasteiger partial charge in [-0.3, -0.25) is 9.59 Å². The quantitative estimate of drug-likeness (QED) is 0.425. The molecule has 6 heteroatoms.